The lowest BCUT2D eigenvalue weighted by atomic mass is 10.2. The summed E-state index contributed by atoms with van der Waals surface area (Å²) in [4.78, 5) is 4.06. The monoisotopic (exact) mass is 218 g/mol. The van der Waals surface area contributed by atoms with Gasteiger partial charge in [-0.3, -0.25) is 10.1 Å². The van der Waals surface area contributed by atoms with Crippen LogP contribution in [0.5, 0.6) is 11.6 Å². The van der Waals surface area contributed by atoms with Crippen molar-refractivity contribution in [3.05, 3.63) is 35.8 Å². The number of ether oxygens (including phenoxy) is 1. The SMILES string of the molecule is CNCc1cnccc1Oc1cc(C)[nH]n1. The number of hydrogen-bond donors (Lipinski definition) is 2. The number of H-pyrrole nitrogens is 1. The third-order valence-corrected chi connectivity index (χ3v) is 2.12. The molecule has 84 valence electrons. The topological polar surface area (TPSA) is 62.8 Å². The van der Waals surface area contributed by atoms with Gasteiger partial charge in [0.15, 0.2) is 0 Å². The predicted octanol–water partition coefficient (Wildman–Crippen LogP) is 1.62. The van der Waals surface area contributed by atoms with E-state index in [0.717, 1.165) is 17.0 Å². The van der Waals surface area contributed by atoms with E-state index in [1.165, 1.54) is 0 Å². The molecule has 0 spiro atoms. The molecular formula is C11H14N4O. The van der Waals surface area contributed by atoms with Gasteiger partial charge in [-0.05, 0) is 20.0 Å². The number of pyridine rings is 1. The minimum atomic E-state index is 0.570. The van der Waals surface area contributed by atoms with Crippen molar-refractivity contribution >= 4 is 0 Å². The number of nitrogens with zero attached hydrogens (tertiary/aromatic N) is 2. The summed E-state index contributed by atoms with van der Waals surface area (Å²) < 4.78 is 5.66. The van der Waals surface area contributed by atoms with Crippen LogP contribution >= 0.6 is 0 Å². The molecule has 0 atom stereocenters. The van der Waals surface area contributed by atoms with Crippen LogP contribution in [0.1, 0.15) is 11.3 Å². The number of hydrogen-bond acceptors (Lipinski definition) is 4. The maximum atomic E-state index is 5.66. The summed E-state index contributed by atoms with van der Waals surface area (Å²) in [6.45, 7) is 2.65. The highest BCUT2D eigenvalue weighted by molar-refractivity contribution is 5.33. The molecule has 2 N–H and O–H groups in total. The molecule has 16 heavy (non-hydrogen) atoms. The molecule has 2 aromatic rings. The minimum Gasteiger partial charge on any atom is -0.437 e. The van der Waals surface area contributed by atoms with Crippen molar-refractivity contribution in [1.29, 1.82) is 0 Å². The summed E-state index contributed by atoms with van der Waals surface area (Å²) in [7, 11) is 1.88. The second-order valence-electron chi connectivity index (χ2n) is 3.50. The Labute approximate surface area is 93.9 Å². The molecule has 2 heterocycles. The molecule has 2 rings (SSSR count). The highest BCUT2D eigenvalue weighted by atomic mass is 16.5. The van der Waals surface area contributed by atoms with E-state index in [9.17, 15) is 0 Å². The summed E-state index contributed by atoms with van der Waals surface area (Å²) in [6, 6.07) is 3.68. The number of nitrogens with one attached hydrogen (secondary N) is 2. The molecule has 0 aliphatic rings. The van der Waals surface area contributed by atoms with E-state index in [0.29, 0.717) is 12.4 Å². The molecule has 0 radical (unpaired) electrons. The van der Waals surface area contributed by atoms with Gasteiger partial charge in [0.2, 0.25) is 5.88 Å². The average molecular weight is 218 g/mol. The lowest BCUT2D eigenvalue weighted by molar-refractivity contribution is 0.453. The Morgan fingerprint density at radius 3 is 3.06 bits per heavy atom. The number of aryl methyl sites for hydroxylation is 1. The first-order valence-corrected chi connectivity index (χ1v) is 5.07. The van der Waals surface area contributed by atoms with Crippen molar-refractivity contribution < 1.29 is 4.74 Å². The molecule has 0 amide bonds. The fraction of sp³-hybridized carbons (Fsp3) is 0.273. The van der Waals surface area contributed by atoms with Crippen LogP contribution in [-0.2, 0) is 6.54 Å². The van der Waals surface area contributed by atoms with Gasteiger partial charge in [-0.1, -0.05) is 0 Å². The molecule has 2 aromatic heterocycles. The second-order valence-corrected chi connectivity index (χ2v) is 3.50. The normalized spacial score (nSPS) is 10.4. The lowest BCUT2D eigenvalue weighted by Gasteiger charge is -2.07. The zero-order chi connectivity index (χ0) is 11.4. The van der Waals surface area contributed by atoms with Crippen molar-refractivity contribution in [1.82, 2.24) is 20.5 Å². The third-order valence-electron chi connectivity index (χ3n) is 2.12. The Hall–Kier alpha value is -1.88. The third kappa shape index (κ3) is 2.38. The summed E-state index contributed by atoms with van der Waals surface area (Å²) >= 11 is 0. The van der Waals surface area contributed by atoms with Crippen molar-refractivity contribution in [2.45, 2.75) is 13.5 Å². The van der Waals surface area contributed by atoms with Gasteiger partial charge in [-0.25, -0.2) is 0 Å². The summed E-state index contributed by atoms with van der Waals surface area (Å²) in [6.07, 6.45) is 3.49. The number of rotatable bonds is 4. The molecule has 5 heteroatoms. The Morgan fingerprint density at radius 2 is 2.38 bits per heavy atom. The van der Waals surface area contributed by atoms with Crippen LogP contribution in [0.3, 0.4) is 0 Å². The Morgan fingerprint density at radius 1 is 1.50 bits per heavy atom. The van der Waals surface area contributed by atoms with Crippen molar-refractivity contribution in [3.63, 3.8) is 0 Å². The van der Waals surface area contributed by atoms with E-state index in [4.69, 9.17) is 4.74 Å². The Kier molecular flexibility index (Phi) is 3.16. The fourth-order valence-electron chi connectivity index (χ4n) is 1.40. The van der Waals surface area contributed by atoms with Gasteiger partial charge in [0.1, 0.15) is 5.75 Å². The fourth-order valence-corrected chi connectivity index (χ4v) is 1.40. The predicted molar refractivity (Wildman–Crippen MR) is 60.4 cm³/mol. The first kappa shape index (κ1) is 10.6. The average Bonchev–Trinajstić information content (AvgIpc) is 2.67. The van der Waals surface area contributed by atoms with Gasteiger partial charge < -0.3 is 10.1 Å². The Bertz CT molecular complexity index is 467. The van der Waals surface area contributed by atoms with Gasteiger partial charge in [-0.2, -0.15) is 0 Å². The molecule has 0 saturated heterocycles. The van der Waals surface area contributed by atoms with E-state index in [-0.39, 0.29) is 0 Å². The summed E-state index contributed by atoms with van der Waals surface area (Å²) in [5.41, 5.74) is 1.98. The quantitative estimate of drug-likeness (QED) is 0.818. The molecule has 0 bridgehead atoms. The van der Waals surface area contributed by atoms with Crippen LogP contribution < -0.4 is 10.1 Å². The molecule has 5 nitrogen and oxygen atoms in total. The van der Waals surface area contributed by atoms with Gasteiger partial charge >= 0.3 is 0 Å². The van der Waals surface area contributed by atoms with Crippen LogP contribution in [-0.4, -0.2) is 22.2 Å². The molecule has 0 aromatic carbocycles. The van der Waals surface area contributed by atoms with E-state index in [2.05, 4.69) is 20.5 Å². The maximum absolute atomic E-state index is 5.66. The van der Waals surface area contributed by atoms with Gasteiger partial charge in [0, 0.05) is 36.3 Å². The highest BCUT2D eigenvalue weighted by Gasteiger charge is 2.05. The van der Waals surface area contributed by atoms with Crippen LogP contribution in [0.4, 0.5) is 0 Å². The molecule has 0 saturated carbocycles. The standard InChI is InChI=1S/C11H14N4O/c1-8-5-11(15-14-8)16-10-3-4-13-7-9(10)6-12-2/h3-5,7,12H,6H2,1-2H3,(H,14,15). The van der Waals surface area contributed by atoms with Gasteiger partial charge in [0.25, 0.3) is 0 Å². The van der Waals surface area contributed by atoms with Gasteiger partial charge in [0.05, 0.1) is 0 Å². The second kappa shape index (κ2) is 4.76. The van der Waals surface area contributed by atoms with Gasteiger partial charge in [-0.15, -0.1) is 5.10 Å². The van der Waals surface area contributed by atoms with Crippen molar-refractivity contribution in [2.24, 2.45) is 0 Å². The lowest BCUT2D eigenvalue weighted by Crippen LogP contribution is -2.06. The molecule has 0 unspecified atom stereocenters. The summed E-state index contributed by atoms with van der Waals surface area (Å²) in [5.74, 6) is 1.34. The summed E-state index contributed by atoms with van der Waals surface area (Å²) in [5, 5.41) is 9.93. The molecule has 0 fully saturated rings. The highest BCUT2D eigenvalue weighted by Crippen LogP contribution is 2.23. The van der Waals surface area contributed by atoms with Crippen LogP contribution in [0, 0.1) is 6.92 Å². The van der Waals surface area contributed by atoms with E-state index in [1.807, 2.05) is 26.1 Å². The maximum Gasteiger partial charge on any atom is 0.238 e. The molecular weight excluding hydrogens is 204 g/mol. The van der Waals surface area contributed by atoms with E-state index < -0.39 is 0 Å². The zero-order valence-electron chi connectivity index (χ0n) is 9.32. The number of aromatic nitrogens is 3. The van der Waals surface area contributed by atoms with E-state index >= 15 is 0 Å². The van der Waals surface area contributed by atoms with Crippen molar-refractivity contribution in [3.8, 4) is 11.6 Å². The van der Waals surface area contributed by atoms with Crippen LogP contribution in [0.25, 0.3) is 0 Å². The first-order valence-electron chi connectivity index (χ1n) is 5.07. The van der Waals surface area contributed by atoms with Crippen LogP contribution in [0.2, 0.25) is 0 Å². The van der Waals surface area contributed by atoms with Crippen LogP contribution in [0.15, 0.2) is 24.5 Å². The Balaban J connectivity index is 2.20. The molecule has 0 aliphatic heterocycles. The van der Waals surface area contributed by atoms with E-state index in [1.54, 1.807) is 12.4 Å². The zero-order valence-corrected chi connectivity index (χ0v) is 9.32. The van der Waals surface area contributed by atoms with Crippen molar-refractivity contribution in [2.75, 3.05) is 7.05 Å². The minimum absolute atomic E-state index is 0.570. The first-order chi connectivity index (χ1) is 7.79. The number of aromatic amines is 1. The largest absolute Gasteiger partial charge is 0.437 e. The smallest absolute Gasteiger partial charge is 0.238 e. The molecule has 0 aliphatic carbocycles.